The van der Waals surface area contributed by atoms with Crippen LogP contribution in [0.4, 0.5) is 5.69 Å². The van der Waals surface area contributed by atoms with Crippen LogP contribution in [0.5, 0.6) is 5.75 Å². The van der Waals surface area contributed by atoms with E-state index in [9.17, 15) is 9.59 Å². The maximum atomic E-state index is 12.1. The summed E-state index contributed by atoms with van der Waals surface area (Å²) >= 11 is 5.09. The van der Waals surface area contributed by atoms with Crippen LogP contribution < -0.4 is 15.4 Å². The predicted molar refractivity (Wildman–Crippen MR) is 101 cm³/mol. The number of carboxylic acids is 1. The summed E-state index contributed by atoms with van der Waals surface area (Å²) in [5.41, 5.74) is 0.702. The normalized spacial score (nSPS) is 9.88. The highest BCUT2D eigenvalue weighted by atomic mass is 32.1. The first-order chi connectivity index (χ1) is 12.5. The zero-order valence-electron chi connectivity index (χ0n) is 14.0. The molecule has 0 fully saturated rings. The third-order valence-electron chi connectivity index (χ3n) is 3.37. The Hall–Kier alpha value is -3.13. The van der Waals surface area contributed by atoms with Crippen LogP contribution in [-0.2, 0) is 4.74 Å². The van der Waals surface area contributed by atoms with E-state index in [-0.39, 0.29) is 29.5 Å². The number of ether oxygens (including phenoxy) is 2. The van der Waals surface area contributed by atoms with Crippen LogP contribution in [0, 0.1) is 0 Å². The van der Waals surface area contributed by atoms with Gasteiger partial charge in [0.1, 0.15) is 12.4 Å². The standard InChI is InChI=1S/C18H18N2O5S/c1-24-15-9-5-4-8-14(15)20-18(26)25-11-10-19-16(21)12-6-2-3-7-13(12)17(22)23/h2-9H,10-11H2,1H3,(H,19,21)(H,20,26)(H,22,23). The summed E-state index contributed by atoms with van der Waals surface area (Å²) in [6, 6.07) is 13.2. The summed E-state index contributed by atoms with van der Waals surface area (Å²) < 4.78 is 10.5. The summed E-state index contributed by atoms with van der Waals surface area (Å²) in [5, 5.41) is 14.7. The fourth-order valence-electron chi connectivity index (χ4n) is 2.17. The van der Waals surface area contributed by atoms with E-state index in [0.29, 0.717) is 11.4 Å². The highest BCUT2D eigenvalue weighted by molar-refractivity contribution is 7.80. The molecule has 1 amide bonds. The Morgan fingerprint density at radius 1 is 1.08 bits per heavy atom. The molecule has 0 saturated heterocycles. The maximum absolute atomic E-state index is 12.1. The van der Waals surface area contributed by atoms with E-state index in [2.05, 4.69) is 10.6 Å². The number of carbonyl (C=O) groups is 2. The van der Waals surface area contributed by atoms with Crippen molar-refractivity contribution in [1.82, 2.24) is 5.32 Å². The zero-order chi connectivity index (χ0) is 18.9. The van der Waals surface area contributed by atoms with Crippen molar-refractivity contribution in [3.63, 3.8) is 0 Å². The van der Waals surface area contributed by atoms with Gasteiger partial charge in [-0.1, -0.05) is 24.3 Å². The van der Waals surface area contributed by atoms with E-state index in [1.54, 1.807) is 31.4 Å². The van der Waals surface area contributed by atoms with Gasteiger partial charge in [0.25, 0.3) is 11.1 Å². The summed E-state index contributed by atoms with van der Waals surface area (Å²) in [5.74, 6) is -1.03. The fraction of sp³-hybridized carbons (Fsp3) is 0.167. The van der Waals surface area contributed by atoms with Gasteiger partial charge < -0.3 is 25.2 Å². The third kappa shape index (κ3) is 5.18. The molecule has 0 heterocycles. The van der Waals surface area contributed by atoms with E-state index < -0.39 is 11.9 Å². The molecular weight excluding hydrogens is 356 g/mol. The van der Waals surface area contributed by atoms with Gasteiger partial charge in [-0.05, 0) is 36.5 Å². The van der Waals surface area contributed by atoms with Crippen molar-refractivity contribution in [1.29, 1.82) is 0 Å². The number of amides is 1. The summed E-state index contributed by atoms with van der Waals surface area (Å²) in [6.45, 7) is 0.294. The van der Waals surface area contributed by atoms with Gasteiger partial charge in [-0.15, -0.1) is 0 Å². The number of methoxy groups -OCH3 is 1. The van der Waals surface area contributed by atoms with E-state index >= 15 is 0 Å². The van der Waals surface area contributed by atoms with E-state index in [1.807, 2.05) is 12.1 Å². The average Bonchev–Trinajstić information content (AvgIpc) is 2.65. The number of carboxylic acid groups (broad SMARTS) is 1. The summed E-state index contributed by atoms with van der Waals surface area (Å²) in [4.78, 5) is 23.2. The number of anilines is 1. The van der Waals surface area contributed by atoms with Crippen molar-refractivity contribution >= 4 is 35.0 Å². The lowest BCUT2D eigenvalue weighted by Crippen LogP contribution is -2.30. The second kappa shape index (κ2) is 9.38. The molecule has 0 atom stereocenters. The van der Waals surface area contributed by atoms with Gasteiger partial charge in [-0.2, -0.15) is 0 Å². The Kier molecular flexibility index (Phi) is 6.92. The minimum atomic E-state index is -1.16. The molecule has 0 spiro atoms. The van der Waals surface area contributed by atoms with Crippen molar-refractivity contribution in [2.75, 3.05) is 25.6 Å². The van der Waals surface area contributed by atoms with E-state index in [1.165, 1.54) is 12.1 Å². The number of thiocarbonyl (C=S) groups is 1. The number of nitrogens with one attached hydrogen (secondary N) is 2. The smallest absolute Gasteiger partial charge is 0.336 e. The highest BCUT2D eigenvalue weighted by Crippen LogP contribution is 2.23. The number of aromatic carboxylic acids is 1. The van der Waals surface area contributed by atoms with E-state index in [4.69, 9.17) is 26.8 Å². The van der Waals surface area contributed by atoms with Crippen LogP contribution in [0.3, 0.4) is 0 Å². The molecule has 2 aromatic carbocycles. The maximum Gasteiger partial charge on any atom is 0.336 e. The first-order valence-corrected chi connectivity index (χ1v) is 8.11. The quantitative estimate of drug-likeness (QED) is 0.506. The molecule has 0 unspecified atom stereocenters. The molecule has 3 N–H and O–H groups in total. The Morgan fingerprint density at radius 2 is 1.73 bits per heavy atom. The molecule has 0 bridgehead atoms. The van der Waals surface area contributed by atoms with Crippen molar-refractivity contribution in [3.05, 3.63) is 59.7 Å². The van der Waals surface area contributed by atoms with Crippen molar-refractivity contribution in [2.45, 2.75) is 0 Å². The van der Waals surface area contributed by atoms with Gasteiger partial charge >= 0.3 is 5.97 Å². The number of para-hydroxylation sites is 2. The van der Waals surface area contributed by atoms with Crippen LogP contribution in [0.2, 0.25) is 0 Å². The number of hydrogen-bond acceptors (Lipinski definition) is 5. The van der Waals surface area contributed by atoms with Gasteiger partial charge in [-0.25, -0.2) is 4.79 Å². The van der Waals surface area contributed by atoms with Crippen molar-refractivity contribution < 1.29 is 24.2 Å². The SMILES string of the molecule is COc1ccccc1NC(=S)OCCNC(=O)c1ccccc1C(=O)O. The molecule has 26 heavy (non-hydrogen) atoms. The summed E-state index contributed by atoms with van der Waals surface area (Å²) in [6.07, 6.45) is 0. The monoisotopic (exact) mass is 374 g/mol. The molecule has 2 rings (SSSR count). The second-order valence-corrected chi connectivity index (χ2v) is 5.44. The lowest BCUT2D eigenvalue weighted by atomic mass is 10.1. The Morgan fingerprint density at radius 3 is 2.42 bits per heavy atom. The third-order valence-corrected chi connectivity index (χ3v) is 3.59. The first kappa shape index (κ1) is 19.2. The van der Waals surface area contributed by atoms with Gasteiger partial charge in [0.15, 0.2) is 0 Å². The van der Waals surface area contributed by atoms with Crippen LogP contribution in [0.15, 0.2) is 48.5 Å². The molecule has 0 radical (unpaired) electrons. The molecule has 136 valence electrons. The minimum absolute atomic E-state index is 0.0562. The molecule has 0 saturated carbocycles. The molecule has 8 heteroatoms. The minimum Gasteiger partial charge on any atom is -0.495 e. The molecule has 7 nitrogen and oxygen atoms in total. The molecule has 0 aliphatic carbocycles. The molecular formula is C18H18N2O5S. The molecule has 0 aromatic heterocycles. The number of rotatable bonds is 7. The first-order valence-electron chi connectivity index (χ1n) is 7.70. The largest absolute Gasteiger partial charge is 0.495 e. The highest BCUT2D eigenvalue weighted by Gasteiger charge is 2.15. The van der Waals surface area contributed by atoms with Gasteiger partial charge in [0.05, 0.1) is 30.5 Å². The molecule has 2 aromatic rings. The van der Waals surface area contributed by atoms with Crippen molar-refractivity contribution in [2.24, 2.45) is 0 Å². The molecule has 0 aliphatic heterocycles. The Labute approximate surface area is 155 Å². The topological polar surface area (TPSA) is 96.9 Å². The predicted octanol–water partition coefficient (Wildman–Crippen LogP) is 2.54. The van der Waals surface area contributed by atoms with Crippen LogP contribution in [-0.4, -0.2) is 42.4 Å². The number of hydrogen-bond donors (Lipinski definition) is 3. The lowest BCUT2D eigenvalue weighted by molar-refractivity contribution is 0.0691. The zero-order valence-corrected chi connectivity index (χ0v) is 14.8. The lowest BCUT2D eigenvalue weighted by Gasteiger charge is -2.13. The van der Waals surface area contributed by atoms with Crippen molar-refractivity contribution in [3.8, 4) is 5.75 Å². The van der Waals surface area contributed by atoms with Crippen LogP contribution >= 0.6 is 12.2 Å². The van der Waals surface area contributed by atoms with Gasteiger partial charge in [0, 0.05) is 0 Å². The second-order valence-electron chi connectivity index (χ2n) is 5.07. The van der Waals surface area contributed by atoms with E-state index in [0.717, 1.165) is 0 Å². The average molecular weight is 374 g/mol. The van der Waals surface area contributed by atoms with Gasteiger partial charge in [0.2, 0.25) is 0 Å². The fourth-order valence-corrected chi connectivity index (χ4v) is 2.36. The van der Waals surface area contributed by atoms with Crippen LogP contribution in [0.25, 0.3) is 0 Å². The Balaban J connectivity index is 1.81. The summed E-state index contributed by atoms with van der Waals surface area (Å²) in [7, 11) is 1.55. The van der Waals surface area contributed by atoms with Gasteiger partial charge in [-0.3, -0.25) is 4.79 Å². The Bertz CT molecular complexity index is 810. The molecule has 0 aliphatic rings. The van der Waals surface area contributed by atoms with Crippen LogP contribution in [0.1, 0.15) is 20.7 Å². The number of benzene rings is 2. The number of carbonyl (C=O) groups excluding carboxylic acids is 1.